The lowest BCUT2D eigenvalue weighted by Gasteiger charge is -2.21. The normalized spacial score (nSPS) is 17.3. The second-order valence-corrected chi connectivity index (χ2v) is 8.99. The maximum Gasteiger partial charge on any atom is 0.160 e. The lowest BCUT2D eigenvalue weighted by Crippen LogP contribution is -2.18. The van der Waals surface area contributed by atoms with E-state index in [4.69, 9.17) is 0 Å². The van der Waals surface area contributed by atoms with Crippen LogP contribution in [0.2, 0.25) is 0 Å². The first-order chi connectivity index (χ1) is 14.1. The van der Waals surface area contributed by atoms with E-state index in [2.05, 4.69) is 56.7 Å². The van der Waals surface area contributed by atoms with Crippen molar-refractivity contribution in [3.05, 3.63) is 64.3 Å². The summed E-state index contributed by atoms with van der Waals surface area (Å²) < 4.78 is 2.04. The number of thiophene rings is 1. The molecule has 5 rings (SSSR count). The van der Waals surface area contributed by atoms with Crippen molar-refractivity contribution in [3.63, 3.8) is 0 Å². The standard InChI is InChI=1S/C22H24N6S/c1-13-9-10-16-17(11-13)29-22-18(16)20(23-12-24-22)25-19(15-7-5-4-6-8-15)21-27-26-14(2)28(21)3/h4-8,12-13,19H,9-11H2,1-3H3,(H,23,24,25)/t13-,19+/m0/s1. The number of aryl methyl sites for hydroxylation is 2. The molecule has 0 spiro atoms. The van der Waals surface area contributed by atoms with E-state index in [0.717, 1.165) is 46.6 Å². The summed E-state index contributed by atoms with van der Waals surface area (Å²) in [6, 6.07) is 10.2. The highest BCUT2D eigenvalue weighted by molar-refractivity contribution is 7.19. The van der Waals surface area contributed by atoms with E-state index in [0.29, 0.717) is 0 Å². The van der Waals surface area contributed by atoms with Gasteiger partial charge in [-0.1, -0.05) is 37.3 Å². The fourth-order valence-corrected chi connectivity index (χ4v) is 5.49. The molecule has 1 aliphatic carbocycles. The minimum Gasteiger partial charge on any atom is -0.356 e. The third-order valence-electron chi connectivity index (χ3n) is 5.89. The maximum absolute atomic E-state index is 4.66. The van der Waals surface area contributed by atoms with Crippen LogP contribution in [0.15, 0.2) is 36.7 Å². The predicted molar refractivity (Wildman–Crippen MR) is 116 cm³/mol. The Morgan fingerprint density at radius 2 is 2.00 bits per heavy atom. The summed E-state index contributed by atoms with van der Waals surface area (Å²) in [4.78, 5) is 11.8. The summed E-state index contributed by atoms with van der Waals surface area (Å²) in [5.41, 5.74) is 2.56. The van der Waals surface area contributed by atoms with Gasteiger partial charge in [-0.15, -0.1) is 21.5 Å². The Kier molecular flexibility index (Phi) is 4.54. The van der Waals surface area contributed by atoms with Gasteiger partial charge in [0.2, 0.25) is 0 Å². The lowest BCUT2D eigenvalue weighted by atomic mass is 9.89. The molecule has 29 heavy (non-hydrogen) atoms. The van der Waals surface area contributed by atoms with Crippen molar-refractivity contribution in [2.45, 2.75) is 39.2 Å². The minimum absolute atomic E-state index is 0.140. The molecule has 0 aliphatic heterocycles. The average molecular weight is 405 g/mol. The molecule has 6 nitrogen and oxygen atoms in total. The van der Waals surface area contributed by atoms with E-state index in [1.165, 1.54) is 22.2 Å². The number of anilines is 1. The van der Waals surface area contributed by atoms with Crippen molar-refractivity contribution in [2.24, 2.45) is 13.0 Å². The second kappa shape index (κ2) is 7.22. The van der Waals surface area contributed by atoms with Gasteiger partial charge in [-0.2, -0.15) is 0 Å². The van der Waals surface area contributed by atoms with E-state index in [-0.39, 0.29) is 6.04 Å². The minimum atomic E-state index is -0.140. The number of nitrogens with zero attached hydrogens (tertiary/aromatic N) is 5. The van der Waals surface area contributed by atoms with E-state index in [9.17, 15) is 0 Å². The van der Waals surface area contributed by atoms with Crippen molar-refractivity contribution in [1.29, 1.82) is 0 Å². The van der Waals surface area contributed by atoms with Crippen LogP contribution >= 0.6 is 11.3 Å². The van der Waals surface area contributed by atoms with E-state index < -0.39 is 0 Å². The number of hydrogen-bond donors (Lipinski definition) is 1. The monoisotopic (exact) mass is 404 g/mol. The van der Waals surface area contributed by atoms with Crippen molar-refractivity contribution in [3.8, 4) is 0 Å². The van der Waals surface area contributed by atoms with Gasteiger partial charge in [-0.05, 0) is 43.2 Å². The fraction of sp³-hybridized carbons (Fsp3) is 0.364. The Labute approximate surface area is 174 Å². The van der Waals surface area contributed by atoms with Gasteiger partial charge in [-0.25, -0.2) is 9.97 Å². The average Bonchev–Trinajstić information content (AvgIpc) is 3.26. The van der Waals surface area contributed by atoms with Crippen LogP contribution in [0.3, 0.4) is 0 Å². The predicted octanol–water partition coefficient (Wildman–Crippen LogP) is 4.45. The number of benzene rings is 1. The van der Waals surface area contributed by atoms with Crippen molar-refractivity contribution in [1.82, 2.24) is 24.7 Å². The number of rotatable bonds is 4. The zero-order valence-corrected chi connectivity index (χ0v) is 17.7. The molecule has 1 N–H and O–H groups in total. The number of fused-ring (bicyclic) bond motifs is 3. The molecular formula is C22H24N6S. The third-order valence-corrected chi connectivity index (χ3v) is 7.05. The van der Waals surface area contributed by atoms with Crippen LogP contribution in [0.5, 0.6) is 0 Å². The summed E-state index contributed by atoms with van der Waals surface area (Å²) in [5, 5.41) is 13.6. The Morgan fingerprint density at radius 3 is 2.76 bits per heavy atom. The topological polar surface area (TPSA) is 68.5 Å². The van der Waals surface area contributed by atoms with Crippen LogP contribution in [-0.2, 0) is 19.9 Å². The van der Waals surface area contributed by atoms with Gasteiger partial charge in [0, 0.05) is 11.9 Å². The highest BCUT2D eigenvalue weighted by atomic mass is 32.1. The molecule has 0 saturated heterocycles. The fourth-order valence-electron chi connectivity index (χ4n) is 4.14. The van der Waals surface area contributed by atoms with Gasteiger partial charge in [0.1, 0.15) is 28.8 Å². The molecule has 2 atom stereocenters. The van der Waals surface area contributed by atoms with Gasteiger partial charge < -0.3 is 9.88 Å². The molecule has 0 radical (unpaired) electrons. The first kappa shape index (κ1) is 18.2. The Bertz CT molecular complexity index is 1160. The molecule has 0 saturated carbocycles. The first-order valence-electron chi connectivity index (χ1n) is 10.0. The molecule has 7 heteroatoms. The van der Waals surface area contributed by atoms with Gasteiger partial charge in [0.25, 0.3) is 0 Å². The van der Waals surface area contributed by atoms with Crippen LogP contribution in [0.25, 0.3) is 10.2 Å². The zero-order chi connectivity index (χ0) is 20.0. The smallest absolute Gasteiger partial charge is 0.160 e. The number of nitrogens with one attached hydrogen (secondary N) is 1. The highest BCUT2D eigenvalue weighted by Gasteiger charge is 2.26. The number of aromatic nitrogens is 5. The summed E-state index contributed by atoms with van der Waals surface area (Å²) in [6.45, 7) is 4.30. The van der Waals surface area contributed by atoms with Gasteiger partial charge >= 0.3 is 0 Å². The van der Waals surface area contributed by atoms with Crippen LogP contribution in [-0.4, -0.2) is 24.7 Å². The summed E-state index contributed by atoms with van der Waals surface area (Å²) in [5.74, 6) is 3.38. The molecule has 0 bridgehead atoms. The molecule has 0 amide bonds. The first-order valence-corrected chi connectivity index (χ1v) is 10.9. The summed E-state index contributed by atoms with van der Waals surface area (Å²) >= 11 is 1.82. The SMILES string of the molecule is Cc1nnc([C@H](Nc2ncnc3sc4c(c23)CC[C@H](C)C4)c2ccccc2)n1C. The molecule has 1 aromatic carbocycles. The van der Waals surface area contributed by atoms with E-state index in [1.54, 1.807) is 6.33 Å². The molecule has 1 aliphatic rings. The summed E-state index contributed by atoms with van der Waals surface area (Å²) in [7, 11) is 2.01. The molecule has 0 fully saturated rings. The largest absolute Gasteiger partial charge is 0.356 e. The van der Waals surface area contributed by atoms with Crippen LogP contribution in [0.1, 0.15) is 47.0 Å². The Morgan fingerprint density at radius 1 is 1.17 bits per heavy atom. The van der Waals surface area contributed by atoms with Crippen LogP contribution < -0.4 is 5.32 Å². The van der Waals surface area contributed by atoms with Gasteiger partial charge in [0.15, 0.2) is 5.82 Å². The maximum atomic E-state index is 4.66. The molecule has 0 unspecified atom stereocenters. The third kappa shape index (κ3) is 3.19. The lowest BCUT2D eigenvalue weighted by molar-refractivity contribution is 0.509. The second-order valence-electron chi connectivity index (χ2n) is 7.91. The highest BCUT2D eigenvalue weighted by Crippen LogP contribution is 2.40. The van der Waals surface area contributed by atoms with Gasteiger partial charge in [-0.3, -0.25) is 0 Å². The van der Waals surface area contributed by atoms with Crippen LogP contribution in [0.4, 0.5) is 5.82 Å². The Hall–Kier alpha value is -2.80. The Balaban J connectivity index is 1.63. The van der Waals surface area contributed by atoms with E-state index in [1.807, 2.05) is 35.9 Å². The number of hydrogen-bond acceptors (Lipinski definition) is 6. The molecule has 3 aromatic heterocycles. The quantitative estimate of drug-likeness (QED) is 0.544. The molecule has 148 valence electrons. The molecule has 3 heterocycles. The van der Waals surface area contributed by atoms with Crippen LogP contribution in [0, 0.1) is 12.8 Å². The summed E-state index contributed by atoms with van der Waals surface area (Å²) in [6.07, 6.45) is 5.12. The van der Waals surface area contributed by atoms with Crippen molar-refractivity contribution >= 4 is 27.4 Å². The van der Waals surface area contributed by atoms with Crippen molar-refractivity contribution in [2.75, 3.05) is 5.32 Å². The molecule has 4 aromatic rings. The van der Waals surface area contributed by atoms with Crippen molar-refractivity contribution < 1.29 is 0 Å². The van der Waals surface area contributed by atoms with Gasteiger partial charge in [0.05, 0.1) is 5.39 Å². The zero-order valence-electron chi connectivity index (χ0n) is 16.9. The van der Waals surface area contributed by atoms with E-state index >= 15 is 0 Å². The molecular weight excluding hydrogens is 380 g/mol.